The van der Waals surface area contributed by atoms with Crippen LogP contribution in [0.25, 0.3) is 11.3 Å². The summed E-state index contributed by atoms with van der Waals surface area (Å²) in [7, 11) is -1.70. The molecule has 0 unspecified atom stereocenters. The van der Waals surface area contributed by atoms with E-state index in [0.29, 0.717) is 18.0 Å². The Morgan fingerprint density at radius 1 is 1.17 bits per heavy atom. The fourth-order valence-corrected chi connectivity index (χ4v) is 3.20. The Morgan fingerprint density at radius 3 is 2.77 bits per heavy atom. The van der Waals surface area contributed by atoms with Gasteiger partial charge in [0.15, 0.2) is 11.5 Å². The highest BCUT2D eigenvalue weighted by Crippen LogP contribution is 2.32. The zero-order chi connectivity index (χ0) is 20.9. The van der Waals surface area contributed by atoms with Crippen molar-refractivity contribution in [3.8, 4) is 22.8 Å². The van der Waals surface area contributed by atoms with Crippen molar-refractivity contribution in [2.45, 2.75) is 25.3 Å². The lowest BCUT2D eigenvalue weighted by Crippen LogP contribution is -2.48. The molecule has 0 saturated carbocycles. The number of carbonyl (C=O) groups excluding carboxylic acids is 1. The van der Waals surface area contributed by atoms with E-state index in [0.717, 1.165) is 16.8 Å². The van der Waals surface area contributed by atoms with E-state index in [-0.39, 0.29) is 25.5 Å². The highest BCUT2D eigenvalue weighted by molar-refractivity contribution is 6.43. The van der Waals surface area contributed by atoms with Crippen LogP contribution in [-0.4, -0.2) is 50.8 Å². The third-order valence-electron chi connectivity index (χ3n) is 4.78. The maximum absolute atomic E-state index is 12.3. The number of fused-ring (bicyclic) bond motifs is 1. The molecule has 3 N–H and O–H groups in total. The number of amides is 1. The topological polar surface area (TPSA) is 119 Å². The predicted molar refractivity (Wildman–Crippen MR) is 108 cm³/mol. The quantitative estimate of drug-likeness (QED) is 0.472. The third kappa shape index (κ3) is 4.78. The van der Waals surface area contributed by atoms with Crippen LogP contribution in [0.5, 0.6) is 11.5 Å². The summed E-state index contributed by atoms with van der Waals surface area (Å²) in [5, 5.41) is 30.2. The van der Waals surface area contributed by atoms with Gasteiger partial charge in [-0.1, -0.05) is 41.6 Å². The molecule has 4 rings (SSSR count). The second-order valence-corrected chi connectivity index (χ2v) is 6.96. The van der Waals surface area contributed by atoms with Gasteiger partial charge in [-0.25, -0.2) is 0 Å². The van der Waals surface area contributed by atoms with E-state index in [2.05, 4.69) is 15.6 Å². The van der Waals surface area contributed by atoms with E-state index >= 15 is 0 Å². The molecule has 30 heavy (non-hydrogen) atoms. The van der Waals surface area contributed by atoms with Crippen LogP contribution >= 0.6 is 0 Å². The first-order chi connectivity index (χ1) is 14.6. The maximum Gasteiger partial charge on any atom is 0.475 e. The minimum absolute atomic E-state index is 0.127. The lowest BCUT2D eigenvalue weighted by molar-refractivity contribution is -0.121. The van der Waals surface area contributed by atoms with Crippen LogP contribution < -0.4 is 14.8 Å². The number of hydrogen-bond acceptors (Lipinski definition) is 7. The van der Waals surface area contributed by atoms with Gasteiger partial charge in [-0.3, -0.25) is 9.48 Å². The van der Waals surface area contributed by atoms with Gasteiger partial charge in [-0.2, -0.15) is 0 Å². The molecule has 1 aliphatic rings. The molecule has 0 spiro atoms. The molecule has 1 amide bonds. The van der Waals surface area contributed by atoms with Crippen LogP contribution in [0, 0.1) is 0 Å². The van der Waals surface area contributed by atoms with Crippen LogP contribution in [0.4, 0.5) is 0 Å². The van der Waals surface area contributed by atoms with Gasteiger partial charge < -0.3 is 24.8 Å². The number of hydrogen-bond donors (Lipinski definition) is 3. The molecule has 2 aromatic carbocycles. The first kappa shape index (κ1) is 19.9. The average Bonchev–Trinajstić information content (AvgIpc) is 3.41. The van der Waals surface area contributed by atoms with E-state index in [1.807, 2.05) is 30.3 Å². The van der Waals surface area contributed by atoms with E-state index in [1.165, 1.54) is 0 Å². The van der Waals surface area contributed by atoms with Crippen molar-refractivity contribution in [3.05, 3.63) is 60.3 Å². The van der Waals surface area contributed by atoms with E-state index in [9.17, 15) is 14.8 Å². The lowest BCUT2D eigenvalue weighted by atomic mass is 9.76. The van der Waals surface area contributed by atoms with Crippen molar-refractivity contribution in [2.24, 2.45) is 0 Å². The molecular weight excluding hydrogens is 387 g/mol. The fraction of sp³-hybridized carbons (Fsp3) is 0.250. The summed E-state index contributed by atoms with van der Waals surface area (Å²) in [6.07, 6.45) is 2.14. The first-order valence-corrected chi connectivity index (χ1v) is 9.58. The van der Waals surface area contributed by atoms with Crippen molar-refractivity contribution in [1.82, 2.24) is 20.3 Å². The zero-order valence-electron chi connectivity index (χ0n) is 16.1. The highest BCUT2D eigenvalue weighted by Gasteiger charge is 2.26. The van der Waals surface area contributed by atoms with Crippen LogP contribution in [0.1, 0.15) is 12.0 Å². The standard InChI is InChI=1S/C20H21BN4O5/c26-20(8-9-25-12-16(23-24-25)15-4-2-1-3-5-15)22-19(21(27)28)11-14-6-7-17-18(10-14)30-13-29-17/h1-7,10,12,19,27-28H,8-9,11,13H2,(H,22,26)/t19-/m0/s1. The van der Waals surface area contributed by atoms with Crippen molar-refractivity contribution in [3.63, 3.8) is 0 Å². The maximum atomic E-state index is 12.3. The minimum atomic E-state index is -1.70. The summed E-state index contributed by atoms with van der Waals surface area (Å²) in [6, 6.07) is 15.0. The third-order valence-corrected chi connectivity index (χ3v) is 4.78. The molecule has 0 aliphatic carbocycles. The second kappa shape index (κ2) is 8.97. The van der Waals surface area contributed by atoms with Gasteiger partial charge in [0.2, 0.25) is 12.7 Å². The molecule has 10 heteroatoms. The fourth-order valence-electron chi connectivity index (χ4n) is 3.20. The Balaban J connectivity index is 1.32. The minimum Gasteiger partial charge on any atom is -0.454 e. The number of rotatable bonds is 8. The van der Waals surface area contributed by atoms with Crippen molar-refractivity contribution < 1.29 is 24.3 Å². The second-order valence-electron chi connectivity index (χ2n) is 6.96. The molecule has 1 atom stereocenters. The van der Waals surface area contributed by atoms with Gasteiger partial charge in [-0.05, 0) is 24.1 Å². The number of ether oxygens (including phenoxy) is 2. The number of carbonyl (C=O) groups is 1. The predicted octanol–water partition coefficient (Wildman–Crippen LogP) is 0.803. The Kier molecular flexibility index (Phi) is 5.96. The van der Waals surface area contributed by atoms with Gasteiger partial charge in [0.05, 0.1) is 18.7 Å². The molecule has 154 valence electrons. The Morgan fingerprint density at radius 2 is 1.97 bits per heavy atom. The highest BCUT2D eigenvalue weighted by atomic mass is 16.7. The van der Waals surface area contributed by atoms with Gasteiger partial charge in [0, 0.05) is 12.0 Å². The molecule has 0 bridgehead atoms. The summed E-state index contributed by atoms with van der Waals surface area (Å²) in [5.74, 6) is 0.0797. The molecular formula is C20H21BN4O5. The van der Waals surface area contributed by atoms with E-state index < -0.39 is 13.1 Å². The zero-order valence-corrected chi connectivity index (χ0v) is 16.1. The van der Waals surface area contributed by atoms with Crippen LogP contribution in [0.3, 0.4) is 0 Å². The summed E-state index contributed by atoms with van der Waals surface area (Å²) in [6.45, 7) is 0.486. The molecule has 2 heterocycles. The van der Waals surface area contributed by atoms with Crippen LogP contribution in [0.2, 0.25) is 0 Å². The summed E-state index contributed by atoms with van der Waals surface area (Å²) < 4.78 is 12.2. The molecule has 0 radical (unpaired) electrons. The Labute approximate surface area is 173 Å². The molecule has 1 aromatic heterocycles. The average molecular weight is 408 g/mol. The summed E-state index contributed by atoms with van der Waals surface area (Å²) in [5.41, 5.74) is 2.46. The van der Waals surface area contributed by atoms with E-state index in [1.54, 1.807) is 29.1 Å². The SMILES string of the molecule is O=C(CCn1cc(-c2ccccc2)nn1)N[C@@H](Cc1ccc2c(c1)OCO2)B(O)O. The smallest absolute Gasteiger partial charge is 0.454 e. The van der Waals surface area contributed by atoms with Crippen molar-refractivity contribution >= 4 is 13.0 Å². The normalized spacial score (nSPS) is 13.1. The largest absolute Gasteiger partial charge is 0.475 e. The molecule has 0 fully saturated rings. The number of nitrogens with one attached hydrogen (secondary N) is 1. The van der Waals surface area contributed by atoms with Crippen molar-refractivity contribution in [2.75, 3.05) is 6.79 Å². The first-order valence-electron chi connectivity index (χ1n) is 9.58. The van der Waals surface area contributed by atoms with Gasteiger partial charge in [0.25, 0.3) is 0 Å². The Bertz CT molecular complexity index is 1010. The van der Waals surface area contributed by atoms with Gasteiger partial charge in [0.1, 0.15) is 5.69 Å². The lowest BCUT2D eigenvalue weighted by Gasteiger charge is -2.18. The monoisotopic (exact) mass is 408 g/mol. The molecule has 3 aromatic rings. The number of benzene rings is 2. The van der Waals surface area contributed by atoms with Gasteiger partial charge in [-0.15, -0.1) is 5.10 Å². The summed E-state index contributed by atoms with van der Waals surface area (Å²) in [4.78, 5) is 12.3. The van der Waals surface area contributed by atoms with Gasteiger partial charge >= 0.3 is 7.12 Å². The van der Waals surface area contributed by atoms with Crippen LogP contribution in [0.15, 0.2) is 54.7 Å². The van der Waals surface area contributed by atoms with Crippen LogP contribution in [-0.2, 0) is 17.8 Å². The molecule has 0 saturated heterocycles. The number of aromatic nitrogens is 3. The number of nitrogens with zero attached hydrogens (tertiary/aromatic N) is 3. The Hall–Kier alpha value is -3.37. The molecule has 9 nitrogen and oxygen atoms in total. The molecule has 1 aliphatic heterocycles. The van der Waals surface area contributed by atoms with Crippen molar-refractivity contribution in [1.29, 1.82) is 0 Å². The number of aryl methyl sites for hydroxylation is 1. The summed E-state index contributed by atoms with van der Waals surface area (Å²) >= 11 is 0. The van der Waals surface area contributed by atoms with E-state index in [4.69, 9.17) is 9.47 Å².